The lowest BCUT2D eigenvalue weighted by Gasteiger charge is -2.34. The van der Waals surface area contributed by atoms with Gasteiger partial charge < -0.3 is 20.6 Å². The third-order valence-corrected chi connectivity index (χ3v) is 8.17. The number of benzene rings is 2. The van der Waals surface area contributed by atoms with Crippen molar-refractivity contribution in [1.29, 1.82) is 0 Å². The van der Waals surface area contributed by atoms with E-state index in [1.807, 2.05) is 17.0 Å². The van der Waals surface area contributed by atoms with Gasteiger partial charge in [-0.2, -0.15) is 0 Å². The average molecular weight is 576 g/mol. The van der Waals surface area contributed by atoms with E-state index in [0.29, 0.717) is 16.6 Å². The second-order valence-corrected chi connectivity index (χ2v) is 11.1. The zero-order valence-corrected chi connectivity index (χ0v) is 23.7. The Kier molecular flexibility index (Phi) is 8.85. The molecule has 2 aromatic carbocycles. The molecule has 0 radical (unpaired) electrons. The van der Waals surface area contributed by atoms with Crippen molar-refractivity contribution in [2.24, 2.45) is 0 Å². The molecule has 3 aromatic rings. The SMILES string of the molecule is C[C@H]1CCCN1CCN1CCCC(c2ccc(C(=O)Nc3c(O)cccc3C(=O)Nc3ccc(Cl)cn3)cc2)C1=O. The largest absolute Gasteiger partial charge is 0.506 e. The van der Waals surface area contributed by atoms with Crippen LogP contribution in [0.15, 0.2) is 60.8 Å². The molecule has 10 heteroatoms. The van der Waals surface area contributed by atoms with E-state index in [9.17, 15) is 19.5 Å². The Bertz CT molecular complexity index is 1410. The molecule has 2 aliphatic heterocycles. The molecule has 3 heterocycles. The molecule has 5 rings (SSSR count). The van der Waals surface area contributed by atoms with Gasteiger partial charge in [0.2, 0.25) is 5.91 Å². The number of carbonyl (C=O) groups excluding carboxylic acids is 3. The van der Waals surface area contributed by atoms with Crippen molar-refractivity contribution in [3.05, 3.63) is 82.5 Å². The number of hydrogen-bond acceptors (Lipinski definition) is 6. The molecule has 214 valence electrons. The molecule has 3 amide bonds. The van der Waals surface area contributed by atoms with Crippen molar-refractivity contribution >= 4 is 40.8 Å². The number of phenolic OH excluding ortho intramolecular Hbond substituents is 1. The summed E-state index contributed by atoms with van der Waals surface area (Å²) in [6.07, 6.45) is 5.56. The maximum Gasteiger partial charge on any atom is 0.259 e. The highest BCUT2D eigenvalue weighted by atomic mass is 35.5. The Morgan fingerprint density at radius 3 is 2.46 bits per heavy atom. The summed E-state index contributed by atoms with van der Waals surface area (Å²) >= 11 is 5.86. The van der Waals surface area contributed by atoms with Gasteiger partial charge in [0.1, 0.15) is 11.6 Å². The second-order valence-electron chi connectivity index (χ2n) is 10.6. The van der Waals surface area contributed by atoms with Gasteiger partial charge >= 0.3 is 0 Å². The number of likely N-dealkylation sites (tertiary alicyclic amines) is 2. The number of pyridine rings is 1. The fourth-order valence-electron chi connectivity index (χ4n) is 5.59. The van der Waals surface area contributed by atoms with Crippen LogP contribution in [-0.4, -0.2) is 69.8 Å². The lowest BCUT2D eigenvalue weighted by atomic mass is 9.89. The number of phenols is 1. The molecule has 2 saturated heterocycles. The first kappa shape index (κ1) is 28.6. The second kappa shape index (κ2) is 12.7. The Balaban J connectivity index is 1.24. The maximum absolute atomic E-state index is 13.3. The number of aromatic nitrogens is 1. The van der Waals surface area contributed by atoms with Crippen molar-refractivity contribution < 1.29 is 19.5 Å². The highest BCUT2D eigenvalue weighted by molar-refractivity contribution is 6.30. The number of para-hydroxylation sites is 1. The minimum atomic E-state index is -0.555. The van der Waals surface area contributed by atoms with E-state index in [1.165, 1.54) is 37.2 Å². The van der Waals surface area contributed by atoms with Gasteiger partial charge in [-0.1, -0.05) is 29.8 Å². The number of amides is 3. The van der Waals surface area contributed by atoms with E-state index in [2.05, 4.69) is 27.4 Å². The normalized spacial score (nSPS) is 19.3. The highest BCUT2D eigenvalue weighted by Gasteiger charge is 2.31. The van der Waals surface area contributed by atoms with Gasteiger partial charge in [0.05, 0.1) is 22.2 Å². The first-order valence-electron chi connectivity index (χ1n) is 14.0. The van der Waals surface area contributed by atoms with Crippen LogP contribution < -0.4 is 10.6 Å². The minimum Gasteiger partial charge on any atom is -0.506 e. The Morgan fingerprint density at radius 2 is 1.76 bits per heavy atom. The van der Waals surface area contributed by atoms with E-state index in [1.54, 1.807) is 24.3 Å². The molecule has 0 aliphatic carbocycles. The van der Waals surface area contributed by atoms with Crippen molar-refractivity contribution in [1.82, 2.24) is 14.8 Å². The van der Waals surface area contributed by atoms with Crippen molar-refractivity contribution in [3.63, 3.8) is 0 Å². The number of nitrogens with zero attached hydrogens (tertiary/aromatic N) is 3. The van der Waals surface area contributed by atoms with E-state index < -0.39 is 11.8 Å². The van der Waals surface area contributed by atoms with Crippen molar-refractivity contribution in [2.75, 3.05) is 36.8 Å². The lowest BCUT2D eigenvalue weighted by molar-refractivity contribution is -0.135. The third kappa shape index (κ3) is 6.69. The average Bonchev–Trinajstić information content (AvgIpc) is 3.39. The molecular formula is C31H34ClN5O4. The molecule has 0 bridgehead atoms. The smallest absolute Gasteiger partial charge is 0.259 e. The molecule has 2 atom stereocenters. The van der Waals surface area contributed by atoms with Gasteiger partial charge in [0.15, 0.2) is 0 Å². The summed E-state index contributed by atoms with van der Waals surface area (Å²) in [4.78, 5) is 47.8. The number of hydrogen-bond donors (Lipinski definition) is 3. The van der Waals surface area contributed by atoms with Crippen LogP contribution in [0, 0.1) is 0 Å². The van der Waals surface area contributed by atoms with Crippen LogP contribution in [0.1, 0.15) is 64.8 Å². The number of anilines is 2. The summed E-state index contributed by atoms with van der Waals surface area (Å²) in [5, 5.41) is 16.2. The monoisotopic (exact) mass is 575 g/mol. The van der Waals surface area contributed by atoms with Crippen molar-refractivity contribution in [2.45, 2.75) is 44.6 Å². The standard InChI is InChI=1S/C31H34ClN5O4/c1-20-5-3-15-36(20)17-18-37-16-4-7-24(31(37)41)21-9-11-22(12-10-21)29(39)35-28-25(6-2-8-26(28)38)30(40)34-27-14-13-23(32)19-33-27/h2,6,8-14,19-20,24,38H,3-5,7,15-18H2,1H3,(H,35,39)(H,33,34,40)/t20-,24?/m0/s1. The van der Waals surface area contributed by atoms with E-state index >= 15 is 0 Å². The molecule has 1 unspecified atom stereocenters. The van der Waals surface area contributed by atoms with Gasteiger partial charge in [-0.05, 0) is 81.1 Å². The molecule has 0 spiro atoms. The molecule has 9 nitrogen and oxygen atoms in total. The van der Waals surface area contributed by atoms with Crippen LogP contribution in [-0.2, 0) is 4.79 Å². The number of nitrogens with one attached hydrogen (secondary N) is 2. The predicted octanol–water partition coefficient (Wildman–Crippen LogP) is 5.14. The predicted molar refractivity (Wildman–Crippen MR) is 159 cm³/mol. The summed E-state index contributed by atoms with van der Waals surface area (Å²) in [5.74, 6) is -1.11. The first-order valence-corrected chi connectivity index (χ1v) is 14.4. The number of aromatic hydroxyl groups is 1. The maximum atomic E-state index is 13.3. The zero-order valence-electron chi connectivity index (χ0n) is 23.0. The fourth-order valence-corrected chi connectivity index (χ4v) is 5.70. The van der Waals surface area contributed by atoms with Crippen LogP contribution in [0.3, 0.4) is 0 Å². The zero-order chi connectivity index (χ0) is 28.9. The van der Waals surface area contributed by atoms with Gasteiger partial charge in [0, 0.05) is 37.4 Å². The number of carbonyl (C=O) groups is 3. The Morgan fingerprint density at radius 1 is 0.976 bits per heavy atom. The summed E-state index contributed by atoms with van der Waals surface area (Å²) in [5.41, 5.74) is 1.27. The molecular weight excluding hydrogens is 542 g/mol. The molecule has 41 heavy (non-hydrogen) atoms. The minimum absolute atomic E-state index is 0.0153. The first-order chi connectivity index (χ1) is 19.8. The number of rotatable bonds is 8. The van der Waals surface area contributed by atoms with Gasteiger partial charge in [-0.15, -0.1) is 0 Å². The lowest BCUT2D eigenvalue weighted by Crippen LogP contribution is -2.44. The van der Waals surface area contributed by atoms with Gasteiger partial charge in [-0.3, -0.25) is 19.3 Å². The van der Waals surface area contributed by atoms with Crippen molar-refractivity contribution in [3.8, 4) is 5.75 Å². The fraction of sp³-hybridized carbons (Fsp3) is 0.355. The quantitative estimate of drug-likeness (QED) is 0.321. The van der Waals surface area contributed by atoms with Crippen LogP contribution in [0.25, 0.3) is 0 Å². The summed E-state index contributed by atoms with van der Waals surface area (Å²) < 4.78 is 0. The highest BCUT2D eigenvalue weighted by Crippen LogP contribution is 2.31. The van der Waals surface area contributed by atoms with Gasteiger partial charge in [-0.25, -0.2) is 4.98 Å². The summed E-state index contributed by atoms with van der Waals surface area (Å²) in [6.45, 7) is 5.77. The Labute approximate surface area is 244 Å². The third-order valence-electron chi connectivity index (χ3n) is 7.95. The van der Waals surface area contributed by atoms with E-state index in [0.717, 1.165) is 44.6 Å². The Hall–Kier alpha value is -3.95. The molecule has 1 aromatic heterocycles. The topological polar surface area (TPSA) is 115 Å². The van der Waals surface area contributed by atoms with Crippen LogP contribution >= 0.6 is 11.6 Å². The molecule has 2 fully saturated rings. The number of halogens is 1. The summed E-state index contributed by atoms with van der Waals surface area (Å²) in [7, 11) is 0. The van der Waals surface area contributed by atoms with Crippen LogP contribution in [0.5, 0.6) is 5.75 Å². The molecule has 0 saturated carbocycles. The van der Waals surface area contributed by atoms with Crippen LogP contribution in [0.4, 0.5) is 11.5 Å². The van der Waals surface area contributed by atoms with Crippen LogP contribution in [0.2, 0.25) is 5.02 Å². The molecule has 2 aliphatic rings. The summed E-state index contributed by atoms with van der Waals surface area (Å²) in [6, 6.07) is 15.1. The van der Waals surface area contributed by atoms with Gasteiger partial charge in [0.25, 0.3) is 11.8 Å². The van der Waals surface area contributed by atoms with E-state index in [-0.39, 0.29) is 34.6 Å². The molecule has 3 N–H and O–H groups in total. The van der Waals surface area contributed by atoms with E-state index in [4.69, 9.17) is 11.6 Å². The number of piperidine rings is 1.